The Morgan fingerprint density at radius 1 is 1.12 bits per heavy atom. The van der Waals surface area contributed by atoms with Crippen molar-refractivity contribution in [2.24, 2.45) is 0 Å². The standard InChI is InChI=1S/C32H39ClN4O3/c1-21-16-26(19-35-29(21)33)22(2)28-14-13-27(37(28)31(39)40-32(3,4)5)17-23-9-11-25(12-10-23)30(38)36(6)20-24-8-7-15-34-18-24/h7-12,15-16,18-19,22,27-28H,13-14,17,20H2,1-6H3/t22-,27+,28-/m1/s1. The topological polar surface area (TPSA) is 75.6 Å². The predicted molar refractivity (Wildman–Crippen MR) is 157 cm³/mol. The second kappa shape index (κ2) is 12.4. The molecule has 7 nitrogen and oxygen atoms in total. The molecule has 0 radical (unpaired) electrons. The van der Waals surface area contributed by atoms with Crippen molar-refractivity contribution in [3.63, 3.8) is 0 Å². The molecule has 0 spiro atoms. The van der Waals surface area contributed by atoms with Crippen LogP contribution in [0.1, 0.15) is 79.1 Å². The maximum Gasteiger partial charge on any atom is 0.410 e. The van der Waals surface area contributed by atoms with Crippen molar-refractivity contribution in [3.8, 4) is 0 Å². The monoisotopic (exact) mass is 562 g/mol. The highest BCUT2D eigenvalue weighted by Gasteiger charge is 2.42. The van der Waals surface area contributed by atoms with Gasteiger partial charge in [0.05, 0.1) is 0 Å². The average molecular weight is 563 g/mol. The summed E-state index contributed by atoms with van der Waals surface area (Å²) in [6.45, 7) is 10.2. The molecule has 0 unspecified atom stereocenters. The van der Waals surface area contributed by atoms with E-state index in [1.807, 2.05) is 75.2 Å². The molecule has 40 heavy (non-hydrogen) atoms. The SMILES string of the molecule is Cc1cc([C@@H](C)[C@H]2CC[C@@H](Cc3ccc(C(=O)N(C)Cc4cccnc4)cc3)N2C(=O)OC(C)(C)C)cnc1Cl. The van der Waals surface area contributed by atoms with E-state index in [4.69, 9.17) is 16.3 Å². The third-order valence-corrected chi connectivity index (χ3v) is 7.85. The predicted octanol–water partition coefficient (Wildman–Crippen LogP) is 6.82. The first-order valence-corrected chi connectivity index (χ1v) is 14.2. The van der Waals surface area contributed by atoms with E-state index in [0.29, 0.717) is 23.7 Å². The van der Waals surface area contributed by atoms with Crippen molar-refractivity contribution >= 4 is 23.6 Å². The molecule has 212 valence electrons. The summed E-state index contributed by atoms with van der Waals surface area (Å²) in [6.07, 6.45) is 7.41. The van der Waals surface area contributed by atoms with Gasteiger partial charge in [-0.25, -0.2) is 9.78 Å². The zero-order valence-electron chi connectivity index (χ0n) is 24.2. The van der Waals surface area contributed by atoms with Gasteiger partial charge in [0, 0.05) is 55.7 Å². The Morgan fingerprint density at radius 2 is 1.85 bits per heavy atom. The third kappa shape index (κ3) is 7.19. The molecule has 1 aliphatic heterocycles. The zero-order chi connectivity index (χ0) is 29.0. The van der Waals surface area contributed by atoms with Gasteiger partial charge >= 0.3 is 6.09 Å². The van der Waals surface area contributed by atoms with E-state index in [1.165, 1.54) is 0 Å². The van der Waals surface area contributed by atoms with E-state index >= 15 is 0 Å². The Kier molecular flexibility index (Phi) is 9.14. The van der Waals surface area contributed by atoms with Crippen LogP contribution in [0.15, 0.2) is 61.1 Å². The fourth-order valence-electron chi connectivity index (χ4n) is 5.37. The molecule has 8 heteroatoms. The number of carbonyl (C=O) groups excluding carboxylic acids is 2. The maximum absolute atomic E-state index is 13.5. The van der Waals surface area contributed by atoms with Gasteiger partial charge < -0.3 is 14.5 Å². The highest BCUT2D eigenvalue weighted by molar-refractivity contribution is 6.30. The molecule has 4 rings (SSSR count). The molecule has 3 heterocycles. The molecule has 1 fully saturated rings. The summed E-state index contributed by atoms with van der Waals surface area (Å²) in [6, 6.07) is 13.5. The summed E-state index contributed by atoms with van der Waals surface area (Å²) < 4.78 is 5.87. The highest BCUT2D eigenvalue weighted by Crippen LogP contribution is 2.37. The summed E-state index contributed by atoms with van der Waals surface area (Å²) >= 11 is 6.17. The van der Waals surface area contributed by atoms with Crippen molar-refractivity contribution < 1.29 is 14.3 Å². The van der Waals surface area contributed by atoms with Gasteiger partial charge in [0.1, 0.15) is 10.8 Å². The average Bonchev–Trinajstić information content (AvgIpc) is 3.33. The van der Waals surface area contributed by atoms with Gasteiger partial charge in [0.25, 0.3) is 5.91 Å². The molecule has 0 saturated carbocycles. The number of pyridine rings is 2. The molecule has 0 N–H and O–H groups in total. The quantitative estimate of drug-likeness (QED) is 0.295. The molecule has 1 aliphatic rings. The smallest absolute Gasteiger partial charge is 0.410 e. The first kappa shape index (κ1) is 29.5. The third-order valence-electron chi connectivity index (χ3n) is 7.45. The molecule has 1 aromatic carbocycles. The molecule has 0 aliphatic carbocycles. The van der Waals surface area contributed by atoms with Crippen LogP contribution in [0.3, 0.4) is 0 Å². The van der Waals surface area contributed by atoms with Gasteiger partial charge in [0.15, 0.2) is 0 Å². The normalized spacial score (nSPS) is 17.9. The van der Waals surface area contributed by atoms with Crippen molar-refractivity contribution in [2.45, 2.75) is 84.0 Å². The van der Waals surface area contributed by atoms with E-state index in [2.05, 4.69) is 23.0 Å². The Balaban J connectivity index is 1.49. The Hall–Kier alpha value is -3.45. The summed E-state index contributed by atoms with van der Waals surface area (Å²) in [5, 5.41) is 0.495. The van der Waals surface area contributed by atoms with E-state index in [1.54, 1.807) is 24.3 Å². The Labute approximate surface area is 242 Å². The van der Waals surface area contributed by atoms with E-state index in [0.717, 1.165) is 35.1 Å². The number of aryl methyl sites for hydroxylation is 1. The molecule has 2 amide bonds. The minimum Gasteiger partial charge on any atom is -0.444 e. The van der Waals surface area contributed by atoms with E-state index < -0.39 is 5.60 Å². The molecular formula is C32H39ClN4O3. The largest absolute Gasteiger partial charge is 0.444 e. The lowest BCUT2D eigenvalue weighted by molar-refractivity contribution is 0.0126. The van der Waals surface area contributed by atoms with Gasteiger partial charge in [-0.2, -0.15) is 0 Å². The first-order valence-electron chi connectivity index (χ1n) is 13.8. The second-order valence-corrected chi connectivity index (χ2v) is 12.1. The molecule has 3 aromatic rings. The zero-order valence-corrected chi connectivity index (χ0v) is 25.0. The Bertz CT molecular complexity index is 1320. The van der Waals surface area contributed by atoms with Crippen LogP contribution in [-0.4, -0.2) is 56.5 Å². The molecule has 3 atom stereocenters. The minimum absolute atomic E-state index is 0.0153. The number of halogens is 1. The number of amides is 2. The van der Waals surface area contributed by atoms with Gasteiger partial charge in [-0.3, -0.25) is 9.78 Å². The van der Waals surface area contributed by atoms with E-state index in [-0.39, 0.29) is 30.0 Å². The van der Waals surface area contributed by atoms with Crippen molar-refractivity contribution in [1.29, 1.82) is 0 Å². The van der Waals surface area contributed by atoms with Crippen LogP contribution in [-0.2, 0) is 17.7 Å². The number of likely N-dealkylation sites (tertiary alicyclic amines) is 1. The molecular weight excluding hydrogens is 524 g/mol. The number of benzene rings is 1. The van der Waals surface area contributed by atoms with Crippen LogP contribution >= 0.6 is 11.6 Å². The number of hydrogen-bond acceptors (Lipinski definition) is 5. The number of aromatic nitrogens is 2. The van der Waals surface area contributed by atoms with Crippen LogP contribution in [0.2, 0.25) is 5.15 Å². The summed E-state index contributed by atoms with van der Waals surface area (Å²) in [5.74, 6) is 0.0174. The van der Waals surface area contributed by atoms with Crippen LogP contribution in [0.4, 0.5) is 4.79 Å². The van der Waals surface area contributed by atoms with Crippen LogP contribution in [0.5, 0.6) is 0 Å². The molecule has 1 saturated heterocycles. The number of rotatable bonds is 7. The van der Waals surface area contributed by atoms with Gasteiger partial charge in [-0.15, -0.1) is 0 Å². The van der Waals surface area contributed by atoms with Crippen LogP contribution in [0.25, 0.3) is 0 Å². The van der Waals surface area contributed by atoms with Crippen LogP contribution in [0, 0.1) is 6.92 Å². The fourth-order valence-corrected chi connectivity index (χ4v) is 5.47. The van der Waals surface area contributed by atoms with Gasteiger partial charge in [0.2, 0.25) is 0 Å². The summed E-state index contributed by atoms with van der Waals surface area (Å²) in [4.78, 5) is 38.6. The molecule has 2 aromatic heterocycles. The molecule has 0 bridgehead atoms. The second-order valence-electron chi connectivity index (χ2n) is 11.8. The van der Waals surface area contributed by atoms with Gasteiger partial charge in [-0.1, -0.05) is 42.8 Å². The maximum atomic E-state index is 13.5. The van der Waals surface area contributed by atoms with Crippen molar-refractivity contribution in [1.82, 2.24) is 19.8 Å². The van der Waals surface area contributed by atoms with Crippen molar-refractivity contribution in [3.05, 3.63) is 94.0 Å². The number of hydrogen-bond donors (Lipinski definition) is 0. The minimum atomic E-state index is -0.597. The lowest BCUT2D eigenvalue weighted by Crippen LogP contribution is -2.46. The number of carbonyl (C=O) groups is 2. The lowest BCUT2D eigenvalue weighted by Gasteiger charge is -2.35. The number of nitrogens with zero attached hydrogens (tertiary/aromatic N) is 4. The fraction of sp³-hybridized carbons (Fsp3) is 0.438. The Morgan fingerprint density at radius 3 is 2.48 bits per heavy atom. The first-order chi connectivity index (χ1) is 18.9. The summed E-state index contributed by atoms with van der Waals surface area (Å²) in [7, 11) is 1.79. The number of ether oxygens (including phenoxy) is 1. The highest BCUT2D eigenvalue weighted by atomic mass is 35.5. The lowest BCUT2D eigenvalue weighted by atomic mass is 9.92. The summed E-state index contributed by atoms with van der Waals surface area (Å²) in [5.41, 5.74) is 4.06. The van der Waals surface area contributed by atoms with Crippen molar-refractivity contribution in [2.75, 3.05) is 7.05 Å². The van der Waals surface area contributed by atoms with Gasteiger partial charge in [-0.05, 0) is 87.4 Å². The van der Waals surface area contributed by atoms with Crippen LogP contribution < -0.4 is 0 Å². The van der Waals surface area contributed by atoms with E-state index in [9.17, 15) is 9.59 Å².